The maximum atomic E-state index is 13.0. The van der Waals surface area contributed by atoms with Crippen molar-refractivity contribution in [1.29, 1.82) is 0 Å². The van der Waals surface area contributed by atoms with Crippen LogP contribution in [0.4, 0.5) is 0 Å². The molecule has 0 saturated heterocycles. The lowest BCUT2D eigenvalue weighted by atomic mass is 9.68. The van der Waals surface area contributed by atoms with E-state index < -0.39 is 24.1 Å². The first kappa shape index (κ1) is 15.7. The molecule has 8 aliphatic carbocycles. The molecule has 0 N–H and O–H groups in total. The molecule has 144 valence electrons. The van der Waals surface area contributed by atoms with Crippen LogP contribution in [0, 0.1) is 47.3 Å². The maximum Gasteiger partial charge on any atom is 0.303 e. The van der Waals surface area contributed by atoms with Gasteiger partial charge in [-0.15, -0.1) is 0 Å². The minimum absolute atomic E-state index is 0.0269. The van der Waals surface area contributed by atoms with Gasteiger partial charge in [0.25, 0.3) is 0 Å². The second kappa shape index (κ2) is 4.50. The van der Waals surface area contributed by atoms with Crippen molar-refractivity contribution in [2.45, 2.75) is 38.9 Å². The van der Waals surface area contributed by atoms with Crippen LogP contribution in [0.2, 0.25) is 0 Å². The first-order chi connectivity index (χ1) is 13.4. The van der Waals surface area contributed by atoms with Crippen molar-refractivity contribution in [3.8, 4) is 0 Å². The van der Waals surface area contributed by atoms with Gasteiger partial charge in [0.1, 0.15) is 0 Å². The molecule has 6 nitrogen and oxygen atoms in total. The summed E-state index contributed by atoms with van der Waals surface area (Å²) in [7, 11) is 0. The lowest BCUT2D eigenvalue weighted by Crippen LogP contribution is -2.33. The molecular weight excluding hydrogens is 360 g/mol. The number of hydrogen-bond acceptors (Lipinski definition) is 6. The molecule has 0 aromatic carbocycles. The third-order valence-electron chi connectivity index (χ3n) is 8.91. The third-order valence-corrected chi connectivity index (χ3v) is 8.91. The molecule has 8 bridgehead atoms. The van der Waals surface area contributed by atoms with E-state index in [9.17, 15) is 19.2 Å². The van der Waals surface area contributed by atoms with Crippen molar-refractivity contribution in [3.05, 3.63) is 22.3 Å². The third kappa shape index (κ3) is 1.40. The largest absolute Gasteiger partial charge is 0.454 e. The fourth-order valence-corrected chi connectivity index (χ4v) is 8.98. The normalized spacial score (nSPS) is 50.4. The molecule has 0 aromatic rings. The van der Waals surface area contributed by atoms with E-state index in [0.717, 1.165) is 11.1 Å². The van der Waals surface area contributed by atoms with Gasteiger partial charge in [0.05, 0.1) is 0 Å². The summed E-state index contributed by atoms with van der Waals surface area (Å²) in [6, 6.07) is 0. The Balaban J connectivity index is 1.23. The van der Waals surface area contributed by atoms with Gasteiger partial charge in [0.15, 0.2) is 23.8 Å². The molecule has 10 atom stereocenters. The zero-order valence-electron chi connectivity index (χ0n) is 15.6. The molecule has 4 fully saturated rings. The van der Waals surface area contributed by atoms with E-state index in [2.05, 4.69) is 0 Å². The molecule has 6 heteroatoms. The SMILES string of the molecule is CC(=O)O[C@H]1CC2=C(C1=O)[C@@H]1[C@H]3[C@H]4C5=C(C(=O)[C@H](OC(C)=O)C5)[C@H]5[C@H]3[C@@H]2[C@@H]1[C@H]45. The number of carbonyl (C=O) groups is 4. The minimum Gasteiger partial charge on any atom is -0.454 e. The highest BCUT2D eigenvalue weighted by Crippen LogP contribution is 2.85. The monoisotopic (exact) mass is 380 g/mol. The molecule has 0 heterocycles. The summed E-state index contributed by atoms with van der Waals surface area (Å²) in [6.07, 6.45) is -0.159. The van der Waals surface area contributed by atoms with Crippen molar-refractivity contribution in [1.82, 2.24) is 0 Å². The first-order valence-corrected chi connectivity index (χ1v) is 10.3. The minimum atomic E-state index is -0.630. The average Bonchev–Trinajstić information content (AvgIpc) is 3.41. The molecule has 0 spiro atoms. The van der Waals surface area contributed by atoms with Crippen molar-refractivity contribution >= 4 is 23.5 Å². The molecule has 0 aliphatic heterocycles. The molecule has 4 saturated carbocycles. The summed E-state index contributed by atoms with van der Waals surface area (Å²) in [5.74, 6) is 2.48. The first-order valence-electron chi connectivity index (χ1n) is 10.3. The number of hydrogen-bond donors (Lipinski definition) is 0. The Morgan fingerprint density at radius 3 is 1.36 bits per heavy atom. The Morgan fingerprint density at radius 2 is 1.04 bits per heavy atom. The van der Waals surface area contributed by atoms with Gasteiger partial charge in [-0.05, 0) is 47.3 Å². The lowest BCUT2D eigenvalue weighted by molar-refractivity contribution is -0.151. The number of rotatable bonds is 2. The number of ketones is 2. The fraction of sp³-hybridized carbons (Fsp3) is 0.636. The van der Waals surface area contributed by atoms with Gasteiger partial charge in [0.2, 0.25) is 0 Å². The quantitative estimate of drug-likeness (QED) is 0.673. The summed E-state index contributed by atoms with van der Waals surface area (Å²) in [6.45, 7) is 2.71. The molecule has 0 amide bonds. The van der Waals surface area contributed by atoms with Gasteiger partial charge in [-0.2, -0.15) is 0 Å². The Labute approximate surface area is 161 Å². The molecule has 28 heavy (non-hydrogen) atoms. The highest BCUT2D eigenvalue weighted by molar-refractivity contribution is 6.07. The second-order valence-corrected chi connectivity index (χ2v) is 9.62. The summed E-state index contributed by atoms with van der Waals surface area (Å²) in [5.41, 5.74) is 4.39. The van der Waals surface area contributed by atoms with Gasteiger partial charge in [-0.1, -0.05) is 11.1 Å². The number of esters is 2. The zero-order valence-corrected chi connectivity index (χ0v) is 15.6. The van der Waals surface area contributed by atoms with E-state index >= 15 is 0 Å². The lowest BCUT2D eigenvalue weighted by Gasteiger charge is -2.35. The van der Waals surface area contributed by atoms with E-state index in [1.54, 1.807) is 0 Å². The van der Waals surface area contributed by atoms with E-state index in [4.69, 9.17) is 9.47 Å². The molecular formula is C22H20O6. The van der Waals surface area contributed by atoms with Crippen molar-refractivity contribution < 1.29 is 28.7 Å². The zero-order chi connectivity index (χ0) is 19.2. The van der Waals surface area contributed by atoms with Crippen molar-refractivity contribution in [3.63, 3.8) is 0 Å². The van der Waals surface area contributed by atoms with Gasteiger partial charge in [0, 0.05) is 37.8 Å². The van der Waals surface area contributed by atoms with Crippen LogP contribution in [0.25, 0.3) is 0 Å². The van der Waals surface area contributed by atoms with Crippen LogP contribution in [-0.2, 0) is 28.7 Å². The Bertz CT molecular complexity index is 920. The smallest absolute Gasteiger partial charge is 0.303 e. The van der Waals surface area contributed by atoms with Crippen LogP contribution in [0.1, 0.15) is 26.7 Å². The fourth-order valence-electron chi connectivity index (χ4n) is 8.98. The predicted octanol–water partition coefficient (Wildman–Crippen LogP) is 1.39. The number of carbonyl (C=O) groups excluding carboxylic acids is 4. The van der Waals surface area contributed by atoms with Crippen LogP contribution in [0.3, 0.4) is 0 Å². The van der Waals surface area contributed by atoms with Gasteiger partial charge >= 0.3 is 11.9 Å². The van der Waals surface area contributed by atoms with Gasteiger partial charge in [-0.25, -0.2) is 0 Å². The topological polar surface area (TPSA) is 86.7 Å². The summed E-state index contributed by atoms with van der Waals surface area (Å²) < 4.78 is 10.6. The Hall–Kier alpha value is -2.24. The van der Waals surface area contributed by atoms with Crippen LogP contribution < -0.4 is 0 Å². The van der Waals surface area contributed by atoms with E-state index in [1.807, 2.05) is 0 Å². The van der Waals surface area contributed by atoms with E-state index in [-0.39, 0.29) is 11.6 Å². The van der Waals surface area contributed by atoms with Gasteiger partial charge < -0.3 is 9.47 Å². The molecule has 0 unspecified atom stereocenters. The molecule has 8 rings (SSSR count). The van der Waals surface area contributed by atoms with Crippen LogP contribution in [0.5, 0.6) is 0 Å². The number of ether oxygens (including phenoxy) is 2. The summed E-state index contributed by atoms with van der Waals surface area (Å²) >= 11 is 0. The van der Waals surface area contributed by atoms with Gasteiger partial charge in [-0.3, -0.25) is 19.2 Å². The average molecular weight is 380 g/mol. The Morgan fingerprint density at radius 1 is 0.679 bits per heavy atom. The van der Waals surface area contributed by atoms with Crippen molar-refractivity contribution in [2.75, 3.05) is 0 Å². The number of Topliss-reactive ketones (excluding diaryl/α,β-unsaturated/α-hetero) is 2. The van der Waals surface area contributed by atoms with E-state index in [1.165, 1.54) is 25.0 Å². The van der Waals surface area contributed by atoms with E-state index in [0.29, 0.717) is 60.2 Å². The highest BCUT2D eigenvalue weighted by atomic mass is 16.5. The summed E-state index contributed by atoms with van der Waals surface area (Å²) in [5, 5.41) is 0. The van der Waals surface area contributed by atoms with Crippen molar-refractivity contribution in [2.24, 2.45) is 47.3 Å². The maximum absolute atomic E-state index is 13.0. The summed E-state index contributed by atoms with van der Waals surface area (Å²) in [4.78, 5) is 48.7. The van der Waals surface area contributed by atoms with Crippen LogP contribution in [0.15, 0.2) is 22.3 Å². The molecule has 8 aliphatic rings. The van der Waals surface area contributed by atoms with Crippen LogP contribution in [-0.4, -0.2) is 35.7 Å². The predicted molar refractivity (Wildman–Crippen MR) is 92.3 cm³/mol. The molecule has 0 aromatic heterocycles. The Kier molecular flexibility index (Phi) is 2.51. The standard InChI is InChI=1S/C22H20O6/c1-5(23)27-9-3-7-11-15-16-12-8-4-10(28-6(2)24)22(26)14(8)20(16)17(11)18(12)19(15)13(7)21(9)25/h9-12,15-20H,3-4H2,1-2H3/t9-,10+,11-,12-,15+,16-,17-,18-,19-,20+/m0/s1. The second-order valence-electron chi connectivity index (χ2n) is 9.62. The highest BCUT2D eigenvalue weighted by Gasteiger charge is 2.83. The van der Waals surface area contributed by atoms with Crippen LogP contribution >= 0.6 is 0 Å². The molecule has 0 radical (unpaired) electrons.